The van der Waals surface area contributed by atoms with Crippen LogP contribution in [0, 0.1) is 6.92 Å². The number of rotatable bonds is 3. The van der Waals surface area contributed by atoms with Crippen molar-refractivity contribution in [2.45, 2.75) is 13.0 Å². The number of benzene rings is 1. The minimum atomic E-state index is -0.604. The van der Waals surface area contributed by atoms with Gasteiger partial charge in [0.05, 0.1) is 6.54 Å². The maximum Gasteiger partial charge on any atom is 0.324 e. The zero-order valence-corrected chi connectivity index (χ0v) is 13.3. The first-order valence-corrected chi connectivity index (χ1v) is 7.62. The maximum absolute atomic E-state index is 12.3. The molecule has 2 aliphatic rings. The summed E-state index contributed by atoms with van der Waals surface area (Å²) in [5.41, 5.74) is 0.771. The fourth-order valence-corrected chi connectivity index (χ4v) is 2.88. The quantitative estimate of drug-likeness (QED) is 0.827. The van der Waals surface area contributed by atoms with E-state index in [0.29, 0.717) is 23.9 Å². The van der Waals surface area contributed by atoms with Crippen molar-refractivity contribution in [1.29, 1.82) is 0 Å². The Morgan fingerprint density at radius 2 is 2.17 bits per heavy atom. The lowest BCUT2D eigenvalue weighted by molar-refractivity contribution is -0.137. The number of hydrogen-bond acceptors (Lipinski definition) is 4. The lowest BCUT2D eigenvalue weighted by Gasteiger charge is -2.35. The first-order valence-electron chi connectivity index (χ1n) is 7.24. The van der Waals surface area contributed by atoms with Crippen LogP contribution in [0.5, 0.6) is 5.75 Å². The largest absolute Gasteiger partial charge is 0.483 e. The van der Waals surface area contributed by atoms with Gasteiger partial charge < -0.3 is 14.5 Å². The average molecular weight is 338 g/mol. The number of nitrogens with one attached hydrogen (secondary N) is 1. The second-order valence-corrected chi connectivity index (χ2v) is 5.90. The molecule has 0 aromatic heterocycles. The van der Waals surface area contributed by atoms with Crippen LogP contribution in [0.2, 0.25) is 5.02 Å². The van der Waals surface area contributed by atoms with E-state index in [1.165, 1.54) is 4.90 Å². The zero-order valence-electron chi connectivity index (χ0n) is 12.5. The lowest BCUT2D eigenvalue weighted by atomic mass is 10.2. The van der Waals surface area contributed by atoms with Gasteiger partial charge in [-0.15, -0.1) is 0 Å². The molecule has 0 spiro atoms. The van der Waals surface area contributed by atoms with Gasteiger partial charge >= 0.3 is 6.03 Å². The van der Waals surface area contributed by atoms with Crippen molar-refractivity contribution in [2.24, 2.45) is 0 Å². The van der Waals surface area contributed by atoms with Gasteiger partial charge in [0.2, 0.25) is 0 Å². The summed E-state index contributed by atoms with van der Waals surface area (Å²) in [6.45, 7) is 2.59. The van der Waals surface area contributed by atoms with Gasteiger partial charge in [0.15, 0.2) is 6.61 Å². The van der Waals surface area contributed by atoms with Crippen molar-refractivity contribution in [2.75, 3.05) is 26.2 Å². The number of piperazine rings is 1. The predicted molar refractivity (Wildman–Crippen MR) is 82.3 cm³/mol. The summed E-state index contributed by atoms with van der Waals surface area (Å²) in [4.78, 5) is 38.5. The molecule has 2 saturated heterocycles. The SMILES string of the molecule is Cc1c(Cl)cccc1OCC(=O)N1CCN2C(=O)NC(=O)C2C1. The van der Waals surface area contributed by atoms with Crippen LogP contribution in [0.15, 0.2) is 18.2 Å². The first-order chi connectivity index (χ1) is 11.0. The highest BCUT2D eigenvalue weighted by atomic mass is 35.5. The van der Waals surface area contributed by atoms with E-state index in [0.717, 1.165) is 5.56 Å². The second kappa shape index (κ2) is 6.08. The minimum absolute atomic E-state index is 0.135. The Kier molecular flexibility index (Phi) is 4.12. The molecule has 1 atom stereocenters. The number of imide groups is 1. The summed E-state index contributed by atoms with van der Waals surface area (Å²) in [5, 5.41) is 2.83. The minimum Gasteiger partial charge on any atom is -0.483 e. The predicted octanol–water partition coefficient (Wildman–Crippen LogP) is 0.790. The summed E-state index contributed by atoms with van der Waals surface area (Å²) in [7, 11) is 0. The molecular weight excluding hydrogens is 322 g/mol. The normalized spacial score (nSPS) is 20.3. The van der Waals surface area contributed by atoms with Crippen molar-refractivity contribution in [3.63, 3.8) is 0 Å². The molecule has 1 N–H and O–H groups in total. The molecule has 2 aliphatic heterocycles. The third kappa shape index (κ3) is 2.96. The van der Waals surface area contributed by atoms with Gasteiger partial charge in [0.1, 0.15) is 11.8 Å². The maximum atomic E-state index is 12.3. The monoisotopic (exact) mass is 337 g/mol. The topological polar surface area (TPSA) is 79.0 Å². The second-order valence-electron chi connectivity index (χ2n) is 5.49. The van der Waals surface area contributed by atoms with Crippen molar-refractivity contribution in [3.8, 4) is 5.75 Å². The molecular formula is C15H16ClN3O4. The summed E-state index contributed by atoms with van der Waals surface area (Å²) in [6, 6.07) is 4.25. The molecule has 0 radical (unpaired) electrons. The molecule has 1 aromatic carbocycles. The molecule has 122 valence electrons. The van der Waals surface area contributed by atoms with Crippen LogP contribution in [-0.4, -0.2) is 59.9 Å². The molecule has 8 heteroatoms. The van der Waals surface area contributed by atoms with E-state index in [2.05, 4.69) is 5.32 Å². The molecule has 23 heavy (non-hydrogen) atoms. The third-order valence-corrected chi connectivity index (χ3v) is 4.51. The van der Waals surface area contributed by atoms with E-state index in [4.69, 9.17) is 16.3 Å². The summed E-state index contributed by atoms with van der Waals surface area (Å²) < 4.78 is 5.54. The Balaban J connectivity index is 1.60. The number of halogens is 1. The van der Waals surface area contributed by atoms with Crippen LogP contribution in [0.1, 0.15) is 5.56 Å². The molecule has 2 heterocycles. The first kappa shape index (κ1) is 15.6. The average Bonchev–Trinajstić information content (AvgIpc) is 2.82. The van der Waals surface area contributed by atoms with Crippen LogP contribution >= 0.6 is 11.6 Å². The van der Waals surface area contributed by atoms with Gasteiger partial charge in [-0.3, -0.25) is 14.9 Å². The number of ether oxygens (including phenoxy) is 1. The van der Waals surface area contributed by atoms with Crippen LogP contribution in [0.25, 0.3) is 0 Å². The summed E-state index contributed by atoms with van der Waals surface area (Å²) in [5.74, 6) is -0.0337. The zero-order chi connectivity index (χ0) is 16.6. The summed E-state index contributed by atoms with van der Waals surface area (Å²) >= 11 is 6.01. The Labute approximate surface area is 138 Å². The van der Waals surface area contributed by atoms with Gasteiger partial charge in [-0.2, -0.15) is 0 Å². The summed E-state index contributed by atoms with van der Waals surface area (Å²) in [6.07, 6.45) is 0. The van der Waals surface area contributed by atoms with Gasteiger partial charge in [-0.05, 0) is 19.1 Å². The Morgan fingerprint density at radius 1 is 1.39 bits per heavy atom. The number of carbonyl (C=O) groups excluding carboxylic acids is 3. The van der Waals surface area contributed by atoms with Gasteiger partial charge in [0.25, 0.3) is 11.8 Å². The number of carbonyl (C=O) groups is 3. The van der Waals surface area contributed by atoms with E-state index in [1.807, 2.05) is 6.92 Å². The van der Waals surface area contributed by atoms with E-state index in [9.17, 15) is 14.4 Å². The fourth-order valence-electron chi connectivity index (χ4n) is 2.71. The van der Waals surface area contributed by atoms with Crippen LogP contribution in [0.3, 0.4) is 0 Å². The van der Waals surface area contributed by atoms with Crippen LogP contribution in [0.4, 0.5) is 4.79 Å². The molecule has 2 fully saturated rings. The van der Waals surface area contributed by atoms with E-state index < -0.39 is 12.1 Å². The number of urea groups is 1. The van der Waals surface area contributed by atoms with E-state index in [1.54, 1.807) is 23.1 Å². The lowest BCUT2D eigenvalue weighted by Crippen LogP contribution is -2.55. The molecule has 7 nitrogen and oxygen atoms in total. The Morgan fingerprint density at radius 3 is 2.96 bits per heavy atom. The van der Waals surface area contributed by atoms with Crippen molar-refractivity contribution >= 4 is 29.4 Å². The Hall–Kier alpha value is -2.28. The van der Waals surface area contributed by atoms with Gasteiger partial charge in [-0.25, -0.2) is 4.79 Å². The van der Waals surface area contributed by atoms with Crippen molar-refractivity contribution < 1.29 is 19.1 Å². The van der Waals surface area contributed by atoms with Crippen molar-refractivity contribution in [1.82, 2.24) is 15.1 Å². The van der Waals surface area contributed by atoms with E-state index in [-0.39, 0.29) is 25.0 Å². The number of fused-ring (bicyclic) bond motifs is 1. The molecule has 0 aliphatic carbocycles. The van der Waals surface area contributed by atoms with Crippen molar-refractivity contribution in [3.05, 3.63) is 28.8 Å². The highest BCUT2D eigenvalue weighted by Gasteiger charge is 2.42. The Bertz CT molecular complexity index is 679. The number of nitrogens with zero attached hydrogens (tertiary/aromatic N) is 2. The standard InChI is InChI=1S/C15H16ClN3O4/c1-9-10(16)3-2-4-12(9)23-8-13(20)18-5-6-19-11(7-18)14(21)17-15(19)22/h2-4,11H,5-8H2,1H3,(H,17,21,22). The third-order valence-electron chi connectivity index (χ3n) is 4.10. The number of amides is 4. The number of hydrogen-bond donors (Lipinski definition) is 1. The highest BCUT2D eigenvalue weighted by molar-refractivity contribution is 6.31. The highest BCUT2D eigenvalue weighted by Crippen LogP contribution is 2.25. The van der Waals surface area contributed by atoms with Gasteiger partial charge in [-0.1, -0.05) is 17.7 Å². The molecule has 1 aromatic rings. The van der Waals surface area contributed by atoms with Crippen LogP contribution in [-0.2, 0) is 9.59 Å². The smallest absolute Gasteiger partial charge is 0.324 e. The van der Waals surface area contributed by atoms with Crippen LogP contribution < -0.4 is 10.1 Å². The van der Waals surface area contributed by atoms with Gasteiger partial charge in [0, 0.05) is 23.7 Å². The molecule has 0 saturated carbocycles. The molecule has 4 amide bonds. The molecule has 1 unspecified atom stereocenters. The molecule has 0 bridgehead atoms. The molecule has 3 rings (SSSR count). The fraction of sp³-hybridized carbons (Fsp3) is 0.400. The van der Waals surface area contributed by atoms with E-state index >= 15 is 0 Å².